The molecule has 1 N–H and O–H groups in total. The number of thiophene rings is 1. The molecule has 0 aliphatic carbocycles. The van der Waals surface area contributed by atoms with Gasteiger partial charge in [-0.1, -0.05) is 45.0 Å². The molecule has 0 radical (unpaired) electrons. The zero-order valence-electron chi connectivity index (χ0n) is 17.6. The summed E-state index contributed by atoms with van der Waals surface area (Å²) in [4.78, 5) is 26.2. The molecule has 0 saturated heterocycles. The van der Waals surface area contributed by atoms with Gasteiger partial charge in [-0.05, 0) is 47.7 Å². The molecule has 30 heavy (non-hydrogen) atoms. The number of halogens is 1. The Morgan fingerprint density at radius 3 is 2.13 bits per heavy atom. The number of esters is 1. The number of rotatable bonds is 4. The van der Waals surface area contributed by atoms with E-state index in [4.69, 9.17) is 4.74 Å². The van der Waals surface area contributed by atoms with E-state index in [0.717, 1.165) is 10.4 Å². The van der Waals surface area contributed by atoms with Crippen LogP contribution in [0.1, 0.15) is 51.9 Å². The maximum Gasteiger partial charge on any atom is 0.341 e. The Morgan fingerprint density at radius 2 is 1.60 bits per heavy atom. The van der Waals surface area contributed by atoms with Crippen LogP contribution < -0.4 is 5.32 Å². The summed E-state index contributed by atoms with van der Waals surface area (Å²) in [5.41, 5.74) is 3.19. The molecule has 1 amide bonds. The first-order chi connectivity index (χ1) is 14.1. The number of ether oxygens (including phenoxy) is 1. The van der Waals surface area contributed by atoms with Crippen LogP contribution in [-0.4, -0.2) is 19.0 Å². The van der Waals surface area contributed by atoms with Crippen molar-refractivity contribution in [1.29, 1.82) is 0 Å². The first-order valence-corrected chi connectivity index (χ1v) is 10.3. The zero-order chi connectivity index (χ0) is 22.1. The second-order valence-electron chi connectivity index (χ2n) is 8.02. The van der Waals surface area contributed by atoms with Crippen molar-refractivity contribution in [2.45, 2.75) is 33.1 Å². The standard InChI is InChI=1S/C24H24FNO3S/c1-14-19(15-8-12-18(25)13-9-15)20(23(28)29-5)22(30-14)26-21(27)16-6-10-17(11-7-16)24(2,3)4/h6-13H,1-5H3,(H,26,27). The van der Waals surface area contributed by atoms with Crippen LogP contribution in [0.3, 0.4) is 0 Å². The van der Waals surface area contributed by atoms with Crippen LogP contribution >= 0.6 is 11.3 Å². The van der Waals surface area contributed by atoms with E-state index < -0.39 is 5.97 Å². The number of anilines is 1. The van der Waals surface area contributed by atoms with Crippen LogP contribution in [0.25, 0.3) is 11.1 Å². The van der Waals surface area contributed by atoms with E-state index >= 15 is 0 Å². The molecule has 0 aliphatic heterocycles. The summed E-state index contributed by atoms with van der Waals surface area (Å²) < 4.78 is 18.3. The number of benzene rings is 2. The molecule has 0 saturated carbocycles. The van der Waals surface area contributed by atoms with Gasteiger partial charge in [-0.2, -0.15) is 0 Å². The lowest BCUT2D eigenvalue weighted by atomic mass is 9.87. The van der Waals surface area contributed by atoms with E-state index in [1.54, 1.807) is 24.3 Å². The van der Waals surface area contributed by atoms with Crippen molar-refractivity contribution >= 4 is 28.2 Å². The van der Waals surface area contributed by atoms with Gasteiger partial charge in [-0.15, -0.1) is 11.3 Å². The highest BCUT2D eigenvalue weighted by Gasteiger charge is 2.25. The molecule has 0 fully saturated rings. The molecule has 1 aromatic heterocycles. The quantitative estimate of drug-likeness (QED) is 0.507. The average molecular weight is 426 g/mol. The van der Waals surface area contributed by atoms with Gasteiger partial charge < -0.3 is 10.1 Å². The topological polar surface area (TPSA) is 55.4 Å². The van der Waals surface area contributed by atoms with Crippen molar-refractivity contribution in [3.8, 4) is 11.1 Å². The van der Waals surface area contributed by atoms with E-state index in [0.29, 0.717) is 21.7 Å². The highest BCUT2D eigenvalue weighted by atomic mass is 32.1. The smallest absolute Gasteiger partial charge is 0.341 e. The lowest BCUT2D eigenvalue weighted by Gasteiger charge is -2.19. The molecule has 0 unspecified atom stereocenters. The number of hydrogen-bond donors (Lipinski definition) is 1. The maximum absolute atomic E-state index is 13.3. The van der Waals surface area contributed by atoms with Gasteiger partial charge in [0.25, 0.3) is 5.91 Å². The van der Waals surface area contributed by atoms with Gasteiger partial charge in [-0.25, -0.2) is 9.18 Å². The Labute approximate surface area is 179 Å². The normalized spacial score (nSPS) is 11.3. The van der Waals surface area contributed by atoms with Gasteiger partial charge in [-0.3, -0.25) is 4.79 Å². The molecule has 2 aromatic carbocycles. The summed E-state index contributed by atoms with van der Waals surface area (Å²) in [5, 5.41) is 3.25. The Morgan fingerprint density at radius 1 is 1.00 bits per heavy atom. The number of hydrogen-bond acceptors (Lipinski definition) is 4. The van der Waals surface area contributed by atoms with Crippen molar-refractivity contribution < 1.29 is 18.7 Å². The minimum absolute atomic E-state index is 0.0119. The molecule has 156 valence electrons. The van der Waals surface area contributed by atoms with Crippen molar-refractivity contribution in [3.05, 3.63) is 75.9 Å². The van der Waals surface area contributed by atoms with Gasteiger partial charge in [0.2, 0.25) is 0 Å². The number of aryl methyl sites for hydroxylation is 1. The Balaban J connectivity index is 1.98. The number of amides is 1. The van der Waals surface area contributed by atoms with E-state index in [1.165, 1.54) is 30.6 Å². The Hall–Kier alpha value is -2.99. The van der Waals surface area contributed by atoms with Crippen molar-refractivity contribution in [2.24, 2.45) is 0 Å². The van der Waals surface area contributed by atoms with Crippen molar-refractivity contribution in [3.63, 3.8) is 0 Å². The molecule has 3 aromatic rings. The summed E-state index contributed by atoms with van der Waals surface area (Å²) in [5.74, 6) is -1.23. The van der Waals surface area contributed by atoms with Crippen LogP contribution in [0.5, 0.6) is 0 Å². The second kappa shape index (κ2) is 8.40. The summed E-state index contributed by atoms with van der Waals surface area (Å²) in [6.45, 7) is 8.17. The SMILES string of the molecule is COC(=O)c1c(NC(=O)c2ccc(C(C)(C)C)cc2)sc(C)c1-c1ccc(F)cc1. The van der Waals surface area contributed by atoms with E-state index in [1.807, 2.05) is 19.1 Å². The summed E-state index contributed by atoms with van der Waals surface area (Å²) >= 11 is 1.29. The summed E-state index contributed by atoms with van der Waals surface area (Å²) in [6.07, 6.45) is 0. The molecule has 0 bridgehead atoms. The van der Waals surface area contributed by atoms with Gasteiger partial charge in [0, 0.05) is 16.0 Å². The third-order valence-corrected chi connectivity index (χ3v) is 5.87. The molecular weight excluding hydrogens is 401 g/mol. The summed E-state index contributed by atoms with van der Waals surface area (Å²) in [6, 6.07) is 13.3. The molecule has 0 spiro atoms. The van der Waals surface area contributed by atoms with Gasteiger partial charge in [0.15, 0.2) is 0 Å². The third-order valence-electron chi connectivity index (χ3n) is 4.85. The van der Waals surface area contributed by atoms with Crippen LogP contribution in [0, 0.1) is 12.7 Å². The fourth-order valence-corrected chi connectivity index (χ4v) is 4.25. The van der Waals surface area contributed by atoms with Gasteiger partial charge in [0.1, 0.15) is 16.4 Å². The molecule has 0 atom stereocenters. The van der Waals surface area contributed by atoms with Crippen LogP contribution in [0.2, 0.25) is 0 Å². The maximum atomic E-state index is 13.3. The number of methoxy groups -OCH3 is 1. The molecular formula is C24H24FNO3S. The summed E-state index contributed by atoms with van der Waals surface area (Å²) in [7, 11) is 1.29. The van der Waals surface area contributed by atoms with Gasteiger partial charge in [0.05, 0.1) is 7.11 Å². The lowest BCUT2D eigenvalue weighted by Crippen LogP contribution is -2.15. The predicted molar refractivity (Wildman–Crippen MR) is 119 cm³/mol. The monoisotopic (exact) mass is 425 g/mol. The first kappa shape index (κ1) is 21.7. The molecule has 6 heteroatoms. The van der Waals surface area contributed by atoms with E-state index in [-0.39, 0.29) is 22.7 Å². The number of carbonyl (C=O) groups is 2. The highest BCUT2D eigenvalue weighted by Crippen LogP contribution is 2.40. The van der Waals surface area contributed by atoms with Crippen LogP contribution in [0.4, 0.5) is 9.39 Å². The Kier molecular flexibility index (Phi) is 6.08. The number of nitrogens with one attached hydrogen (secondary N) is 1. The first-order valence-electron chi connectivity index (χ1n) is 9.51. The fraction of sp³-hybridized carbons (Fsp3) is 0.250. The molecule has 4 nitrogen and oxygen atoms in total. The van der Waals surface area contributed by atoms with E-state index in [2.05, 4.69) is 26.1 Å². The average Bonchev–Trinajstić information content (AvgIpc) is 3.03. The second-order valence-corrected chi connectivity index (χ2v) is 9.24. The van der Waals surface area contributed by atoms with Crippen LogP contribution in [-0.2, 0) is 10.2 Å². The lowest BCUT2D eigenvalue weighted by molar-refractivity contribution is 0.0603. The van der Waals surface area contributed by atoms with E-state index in [9.17, 15) is 14.0 Å². The third kappa shape index (κ3) is 4.44. The predicted octanol–water partition coefficient (Wildman–Crippen LogP) is 6.20. The largest absolute Gasteiger partial charge is 0.465 e. The van der Waals surface area contributed by atoms with Crippen molar-refractivity contribution in [2.75, 3.05) is 12.4 Å². The minimum atomic E-state index is -0.558. The minimum Gasteiger partial charge on any atom is -0.465 e. The number of carbonyl (C=O) groups excluding carboxylic acids is 2. The fourth-order valence-electron chi connectivity index (χ4n) is 3.19. The van der Waals surface area contributed by atoms with Crippen molar-refractivity contribution in [1.82, 2.24) is 0 Å². The van der Waals surface area contributed by atoms with Crippen LogP contribution in [0.15, 0.2) is 48.5 Å². The zero-order valence-corrected chi connectivity index (χ0v) is 18.4. The van der Waals surface area contributed by atoms with Gasteiger partial charge >= 0.3 is 5.97 Å². The Bertz CT molecular complexity index is 1080. The highest BCUT2D eigenvalue weighted by molar-refractivity contribution is 7.17. The molecule has 1 heterocycles. The molecule has 3 rings (SSSR count). The molecule has 0 aliphatic rings.